The number of halogens is 3. The first-order valence-electron chi connectivity index (χ1n) is 11.5. The van der Waals surface area contributed by atoms with E-state index >= 15 is 0 Å². The average molecular weight is 517 g/mol. The summed E-state index contributed by atoms with van der Waals surface area (Å²) in [5.74, 6) is 0.920. The number of amides is 1. The monoisotopic (exact) mass is 515 g/mol. The van der Waals surface area contributed by atoms with Crippen molar-refractivity contribution in [3.8, 4) is 5.75 Å². The number of fused-ring (bicyclic) bond motifs is 1. The molecule has 1 aliphatic rings. The summed E-state index contributed by atoms with van der Waals surface area (Å²) in [5, 5.41) is 1.27. The first-order valence-corrected chi connectivity index (χ1v) is 12.6. The lowest BCUT2D eigenvalue weighted by atomic mass is 9.81. The highest BCUT2D eigenvalue weighted by Crippen LogP contribution is 2.38. The van der Waals surface area contributed by atoms with Crippen molar-refractivity contribution in [1.82, 2.24) is 0 Å². The molecule has 1 aliphatic carbocycles. The first-order chi connectivity index (χ1) is 16.3. The van der Waals surface area contributed by atoms with Gasteiger partial charge >= 0.3 is 0 Å². The predicted molar refractivity (Wildman–Crippen MR) is 142 cm³/mol. The summed E-state index contributed by atoms with van der Waals surface area (Å²) in [5.41, 5.74) is 4.98. The SMILES string of the molecule is COc1ccc2c(c1)C(C(=O)N(Cc1cc(Cl)cc(Cl)c1Cl)c1ccc(C(C)C)cc1)CCC2. The van der Waals surface area contributed by atoms with Gasteiger partial charge in [0.05, 0.1) is 29.6 Å². The van der Waals surface area contributed by atoms with Gasteiger partial charge in [0.25, 0.3) is 0 Å². The lowest BCUT2D eigenvalue weighted by Crippen LogP contribution is -2.36. The second-order valence-corrected chi connectivity index (χ2v) is 10.3. The van der Waals surface area contributed by atoms with E-state index in [0.29, 0.717) is 26.5 Å². The van der Waals surface area contributed by atoms with Crippen molar-refractivity contribution < 1.29 is 9.53 Å². The fraction of sp³-hybridized carbons (Fsp3) is 0.321. The van der Waals surface area contributed by atoms with Crippen LogP contribution in [0.25, 0.3) is 0 Å². The molecule has 0 aliphatic heterocycles. The van der Waals surface area contributed by atoms with Crippen LogP contribution < -0.4 is 9.64 Å². The van der Waals surface area contributed by atoms with Crippen LogP contribution in [0, 0.1) is 0 Å². The molecule has 0 radical (unpaired) electrons. The number of carbonyl (C=O) groups excluding carboxylic acids is 1. The summed E-state index contributed by atoms with van der Waals surface area (Å²) < 4.78 is 5.46. The summed E-state index contributed by atoms with van der Waals surface area (Å²) in [6, 6.07) is 17.6. The molecular weight excluding hydrogens is 489 g/mol. The van der Waals surface area contributed by atoms with Crippen LogP contribution in [0.4, 0.5) is 5.69 Å². The van der Waals surface area contributed by atoms with Crippen LogP contribution in [-0.2, 0) is 17.8 Å². The molecule has 6 heteroatoms. The Balaban J connectivity index is 1.76. The topological polar surface area (TPSA) is 29.5 Å². The van der Waals surface area contributed by atoms with Crippen molar-refractivity contribution in [2.45, 2.75) is 51.5 Å². The molecule has 178 valence electrons. The van der Waals surface area contributed by atoms with Gasteiger partial charge in [0.1, 0.15) is 5.75 Å². The van der Waals surface area contributed by atoms with Crippen LogP contribution in [0.2, 0.25) is 15.1 Å². The summed E-state index contributed by atoms with van der Waals surface area (Å²) in [4.78, 5) is 15.9. The molecule has 0 saturated heterocycles. The molecule has 4 rings (SSSR count). The van der Waals surface area contributed by atoms with Gasteiger partial charge in [0.2, 0.25) is 5.91 Å². The molecule has 0 spiro atoms. The number of anilines is 1. The van der Waals surface area contributed by atoms with Gasteiger partial charge in [-0.15, -0.1) is 0 Å². The van der Waals surface area contributed by atoms with Crippen molar-refractivity contribution in [3.63, 3.8) is 0 Å². The Kier molecular flexibility index (Phi) is 7.77. The molecule has 3 aromatic rings. The van der Waals surface area contributed by atoms with Crippen LogP contribution in [0.15, 0.2) is 54.6 Å². The Hall–Kier alpha value is -2.20. The Labute approximate surface area is 216 Å². The van der Waals surface area contributed by atoms with E-state index in [0.717, 1.165) is 36.3 Å². The van der Waals surface area contributed by atoms with Crippen molar-refractivity contribution in [2.24, 2.45) is 0 Å². The largest absolute Gasteiger partial charge is 0.497 e. The van der Waals surface area contributed by atoms with Crippen LogP contribution in [0.3, 0.4) is 0 Å². The molecule has 0 saturated carbocycles. The molecule has 1 unspecified atom stereocenters. The Morgan fingerprint density at radius 2 is 1.79 bits per heavy atom. The highest BCUT2D eigenvalue weighted by molar-refractivity contribution is 6.43. The summed E-state index contributed by atoms with van der Waals surface area (Å²) in [7, 11) is 1.65. The number of carbonyl (C=O) groups is 1. The smallest absolute Gasteiger partial charge is 0.234 e. The minimum absolute atomic E-state index is 0.0265. The minimum Gasteiger partial charge on any atom is -0.497 e. The third kappa shape index (κ3) is 5.22. The number of aryl methyl sites for hydroxylation is 1. The molecule has 34 heavy (non-hydrogen) atoms. The van der Waals surface area contributed by atoms with Crippen molar-refractivity contribution >= 4 is 46.4 Å². The number of rotatable bonds is 6. The maximum Gasteiger partial charge on any atom is 0.234 e. The lowest BCUT2D eigenvalue weighted by Gasteiger charge is -2.32. The maximum atomic E-state index is 14.1. The normalized spacial score (nSPS) is 15.2. The number of hydrogen-bond donors (Lipinski definition) is 0. The van der Waals surface area contributed by atoms with E-state index in [4.69, 9.17) is 39.5 Å². The van der Waals surface area contributed by atoms with Crippen LogP contribution >= 0.6 is 34.8 Å². The van der Waals surface area contributed by atoms with Gasteiger partial charge in [-0.05, 0) is 83.8 Å². The third-order valence-electron chi connectivity index (χ3n) is 6.50. The van der Waals surface area contributed by atoms with Gasteiger partial charge in [-0.3, -0.25) is 4.79 Å². The number of ether oxygens (including phenoxy) is 1. The molecular formula is C28H28Cl3NO2. The number of benzene rings is 3. The summed E-state index contributed by atoms with van der Waals surface area (Å²) in [6.07, 6.45) is 2.70. The maximum absolute atomic E-state index is 14.1. The van der Waals surface area contributed by atoms with E-state index in [2.05, 4.69) is 32.0 Å². The van der Waals surface area contributed by atoms with E-state index < -0.39 is 0 Å². The zero-order valence-electron chi connectivity index (χ0n) is 19.6. The Bertz CT molecular complexity index is 1190. The molecule has 3 aromatic carbocycles. The average Bonchev–Trinajstić information content (AvgIpc) is 2.84. The quantitative estimate of drug-likeness (QED) is 0.308. The number of hydrogen-bond acceptors (Lipinski definition) is 2. The minimum atomic E-state index is -0.267. The van der Waals surface area contributed by atoms with E-state index in [1.807, 2.05) is 24.3 Å². The van der Waals surface area contributed by atoms with E-state index in [-0.39, 0.29) is 18.4 Å². The number of methoxy groups -OCH3 is 1. The van der Waals surface area contributed by atoms with Gasteiger partial charge in [-0.1, -0.05) is 66.8 Å². The Morgan fingerprint density at radius 3 is 2.47 bits per heavy atom. The molecule has 1 amide bonds. The molecule has 0 heterocycles. The van der Waals surface area contributed by atoms with Gasteiger partial charge in [0, 0.05) is 10.7 Å². The molecule has 3 nitrogen and oxygen atoms in total. The highest BCUT2D eigenvalue weighted by atomic mass is 35.5. The van der Waals surface area contributed by atoms with Crippen LogP contribution in [-0.4, -0.2) is 13.0 Å². The molecule has 0 aromatic heterocycles. The van der Waals surface area contributed by atoms with Gasteiger partial charge in [-0.2, -0.15) is 0 Å². The van der Waals surface area contributed by atoms with Crippen molar-refractivity contribution in [1.29, 1.82) is 0 Å². The summed E-state index contributed by atoms with van der Waals surface area (Å²) >= 11 is 19.1. The standard InChI is InChI=1S/C28H28Cl3NO2/c1-17(2)18-7-10-22(11-8-18)32(16-20-13-21(29)14-26(30)27(20)31)28(33)24-6-4-5-19-9-12-23(34-3)15-25(19)24/h7-15,17,24H,4-6,16H2,1-3H3. The highest BCUT2D eigenvalue weighted by Gasteiger charge is 2.32. The third-order valence-corrected chi connectivity index (χ3v) is 7.56. The first kappa shape index (κ1) is 24.9. The zero-order chi connectivity index (χ0) is 24.4. The predicted octanol–water partition coefficient (Wildman–Crippen LogP) is 8.43. The molecule has 0 N–H and O–H groups in total. The van der Waals surface area contributed by atoms with E-state index in [1.165, 1.54) is 11.1 Å². The van der Waals surface area contributed by atoms with Gasteiger partial charge < -0.3 is 9.64 Å². The zero-order valence-corrected chi connectivity index (χ0v) is 21.8. The van der Waals surface area contributed by atoms with Crippen LogP contribution in [0.1, 0.15) is 60.8 Å². The molecule has 0 fully saturated rings. The van der Waals surface area contributed by atoms with E-state index in [9.17, 15) is 4.79 Å². The fourth-order valence-electron chi connectivity index (χ4n) is 4.58. The van der Waals surface area contributed by atoms with Crippen LogP contribution in [0.5, 0.6) is 5.75 Å². The fourth-order valence-corrected chi connectivity index (χ4v) is 5.28. The lowest BCUT2D eigenvalue weighted by molar-refractivity contribution is -0.120. The van der Waals surface area contributed by atoms with Crippen molar-refractivity contribution in [3.05, 3.63) is 91.9 Å². The second-order valence-electron chi connectivity index (χ2n) is 9.04. The Morgan fingerprint density at radius 1 is 1.06 bits per heavy atom. The van der Waals surface area contributed by atoms with Gasteiger partial charge in [0.15, 0.2) is 0 Å². The molecule has 1 atom stereocenters. The van der Waals surface area contributed by atoms with E-state index in [1.54, 1.807) is 24.1 Å². The van der Waals surface area contributed by atoms with Gasteiger partial charge in [-0.25, -0.2) is 0 Å². The number of nitrogens with zero attached hydrogens (tertiary/aromatic N) is 1. The van der Waals surface area contributed by atoms with Crippen molar-refractivity contribution in [2.75, 3.05) is 12.0 Å². The summed E-state index contributed by atoms with van der Waals surface area (Å²) in [6.45, 7) is 4.57. The second kappa shape index (κ2) is 10.6. The molecule has 0 bridgehead atoms.